The Bertz CT molecular complexity index is 520. The van der Waals surface area contributed by atoms with Gasteiger partial charge in [0.2, 0.25) is 0 Å². The molecule has 1 aliphatic heterocycles. The number of amides is 2. The number of ether oxygens (including phenoxy) is 1. The second-order valence-electron chi connectivity index (χ2n) is 5.43. The highest BCUT2D eigenvalue weighted by Crippen LogP contribution is 2.34. The van der Waals surface area contributed by atoms with Crippen molar-refractivity contribution in [1.82, 2.24) is 15.6 Å². The summed E-state index contributed by atoms with van der Waals surface area (Å²) in [7, 11) is 0. The lowest BCUT2D eigenvalue weighted by Gasteiger charge is -2.35. The zero-order chi connectivity index (χ0) is 14.0. The summed E-state index contributed by atoms with van der Waals surface area (Å²) in [5.74, 6) is -0.105. The summed E-state index contributed by atoms with van der Waals surface area (Å²) in [6.07, 6.45) is 6.22. The van der Waals surface area contributed by atoms with Gasteiger partial charge in [0.05, 0.1) is 6.54 Å². The molecule has 2 amide bonds. The number of alkyl carbamates (subject to hydrolysis) is 1. The van der Waals surface area contributed by atoms with Gasteiger partial charge in [-0.3, -0.25) is 9.78 Å². The van der Waals surface area contributed by atoms with Crippen LogP contribution in [0.3, 0.4) is 0 Å². The Kier molecular flexibility index (Phi) is 3.30. The van der Waals surface area contributed by atoms with E-state index in [-0.39, 0.29) is 18.0 Å². The molecule has 3 rings (SSSR count). The van der Waals surface area contributed by atoms with E-state index in [1.165, 1.54) is 0 Å². The minimum absolute atomic E-state index is 0.0390. The predicted octanol–water partition coefficient (Wildman–Crippen LogP) is 1.23. The van der Waals surface area contributed by atoms with Crippen LogP contribution in [-0.4, -0.2) is 35.2 Å². The van der Waals surface area contributed by atoms with Gasteiger partial charge in [0.25, 0.3) is 5.91 Å². The van der Waals surface area contributed by atoms with E-state index in [2.05, 4.69) is 15.6 Å². The number of carbonyl (C=O) groups excluding carboxylic acids is 2. The number of hydrogen-bond acceptors (Lipinski definition) is 4. The molecular weight excluding hydrogens is 258 g/mol. The van der Waals surface area contributed by atoms with Gasteiger partial charge >= 0.3 is 6.09 Å². The number of nitrogens with one attached hydrogen (secondary N) is 2. The maximum absolute atomic E-state index is 12.1. The number of rotatable bonds is 2. The molecule has 2 atom stereocenters. The van der Waals surface area contributed by atoms with Crippen LogP contribution in [0.2, 0.25) is 0 Å². The predicted molar refractivity (Wildman–Crippen MR) is 71.2 cm³/mol. The van der Waals surface area contributed by atoms with E-state index in [0.29, 0.717) is 18.5 Å². The third-order valence-electron chi connectivity index (χ3n) is 3.95. The summed E-state index contributed by atoms with van der Waals surface area (Å²) in [6, 6.07) is 3.41. The number of aromatic nitrogens is 1. The molecular formula is C14H17N3O3. The zero-order valence-corrected chi connectivity index (χ0v) is 11.1. The Morgan fingerprint density at radius 1 is 1.45 bits per heavy atom. The maximum atomic E-state index is 12.1. The molecule has 2 aliphatic rings. The van der Waals surface area contributed by atoms with Crippen LogP contribution in [0.4, 0.5) is 4.79 Å². The lowest BCUT2D eigenvalue weighted by molar-refractivity contribution is 0.0155. The van der Waals surface area contributed by atoms with E-state index in [1.807, 2.05) is 0 Å². The smallest absolute Gasteiger partial charge is 0.407 e. The molecule has 2 fully saturated rings. The first-order valence-electron chi connectivity index (χ1n) is 6.85. The van der Waals surface area contributed by atoms with Crippen molar-refractivity contribution in [3.8, 4) is 0 Å². The molecule has 6 nitrogen and oxygen atoms in total. The largest absolute Gasteiger partial charge is 0.441 e. The van der Waals surface area contributed by atoms with Crippen molar-refractivity contribution in [2.24, 2.45) is 0 Å². The van der Waals surface area contributed by atoms with Gasteiger partial charge < -0.3 is 15.4 Å². The molecule has 2 N–H and O–H groups in total. The summed E-state index contributed by atoms with van der Waals surface area (Å²) < 4.78 is 5.40. The number of hydrogen-bond donors (Lipinski definition) is 2. The average Bonchev–Trinajstić information content (AvgIpc) is 2.80. The van der Waals surface area contributed by atoms with Crippen LogP contribution in [0.5, 0.6) is 0 Å². The molecule has 20 heavy (non-hydrogen) atoms. The number of carbonyl (C=O) groups is 2. The second-order valence-corrected chi connectivity index (χ2v) is 5.43. The molecule has 1 aromatic rings. The first-order chi connectivity index (χ1) is 9.67. The first kappa shape index (κ1) is 12.9. The Hall–Kier alpha value is -2.11. The quantitative estimate of drug-likeness (QED) is 0.850. The number of pyridine rings is 1. The van der Waals surface area contributed by atoms with Crippen molar-refractivity contribution >= 4 is 12.0 Å². The van der Waals surface area contributed by atoms with Crippen molar-refractivity contribution < 1.29 is 14.3 Å². The number of nitrogens with zero attached hydrogens (tertiary/aromatic N) is 1. The fourth-order valence-electron chi connectivity index (χ4n) is 2.97. The molecule has 2 unspecified atom stereocenters. The summed E-state index contributed by atoms with van der Waals surface area (Å²) >= 11 is 0. The first-order valence-corrected chi connectivity index (χ1v) is 6.85. The zero-order valence-electron chi connectivity index (χ0n) is 11.1. The summed E-state index contributed by atoms with van der Waals surface area (Å²) in [5, 5.41) is 5.72. The van der Waals surface area contributed by atoms with Gasteiger partial charge in [-0.25, -0.2) is 4.79 Å². The van der Waals surface area contributed by atoms with Gasteiger partial charge in [0, 0.05) is 30.4 Å². The molecule has 1 spiro atoms. The van der Waals surface area contributed by atoms with Gasteiger partial charge in [-0.05, 0) is 31.4 Å². The minimum atomic E-state index is -0.439. The van der Waals surface area contributed by atoms with E-state index in [0.717, 1.165) is 19.3 Å². The Labute approximate surface area is 116 Å². The van der Waals surface area contributed by atoms with E-state index in [9.17, 15) is 9.59 Å². The van der Waals surface area contributed by atoms with Crippen LogP contribution in [0, 0.1) is 0 Å². The van der Waals surface area contributed by atoms with E-state index >= 15 is 0 Å². The maximum Gasteiger partial charge on any atom is 0.407 e. The molecule has 1 saturated heterocycles. The lowest BCUT2D eigenvalue weighted by atomic mass is 9.82. The van der Waals surface area contributed by atoms with Crippen molar-refractivity contribution in [3.05, 3.63) is 30.1 Å². The Balaban J connectivity index is 1.63. The van der Waals surface area contributed by atoms with E-state index in [4.69, 9.17) is 4.74 Å². The van der Waals surface area contributed by atoms with E-state index in [1.54, 1.807) is 24.5 Å². The summed E-state index contributed by atoms with van der Waals surface area (Å²) in [4.78, 5) is 27.3. The van der Waals surface area contributed by atoms with E-state index < -0.39 is 5.60 Å². The standard InChI is InChI=1S/C14H17N3O3/c18-12(10-3-6-15-7-4-10)17-11-2-1-5-14(8-11)9-16-13(19)20-14/h3-4,6-7,11H,1-2,5,8-9H2,(H,16,19)(H,17,18). The molecule has 0 aromatic carbocycles. The average molecular weight is 275 g/mol. The molecule has 106 valence electrons. The molecule has 1 aliphatic carbocycles. The minimum Gasteiger partial charge on any atom is -0.441 e. The highest BCUT2D eigenvalue weighted by molar-refractivity contribution is 5.94. The topological polar surface area (TPSA) is 80.3 Å². The van der Waals surface area contributed by atoms with Crippen LogP contribution >= 0.6 is 0 Å². The fourth-order valence-corrected chi connectivity index (χ4v) is 2.97. The van der Waals surface area contributed by atoms with Crippen LogP contribution in [0.25, 0.3) is 0 Å². The van der Waals surface area contributed by atoms with Gasteiger partial charge in [0.15, 0.2) is 0 Å². The van der Waals surface area contributed by atoms with Crippen molar-refractivity contribution in [2.75, 3.05) is 6.54 Å². The van der Waals surface area contributed by atoms with Crippen LogP contribution in [-0.2, 0) is 4.74 Å². The molecule has 0 radical (unpaired) electrons. The van der Waals surface area contributed by atoms with Crippen LogP contribution < -0.4 is 10.6 Å². The molecule has 1 saturated carbocycles. The second kappa shape index (κ2) is 5.11. The van der Waals surface area contributed by atoms with Gasteiger partial charge in [-0.15, -0.1) is 0 Å². The molecule has 1 aromatic heterocycles. The molecule has 0 bridgehead atoms. The van der Waals surface area contributed by atoms with Crippen molar-refractivity contribution in [3.63, 3.8) is 0 Å². The third kappa shape index (κ3) is 2.59. The summed E-state index contributed by atoms with van der Waals surface area (Å²) in [6.45, 7) is 0.535. The Morgan fingerprint density at radius 2 is 2.25 bits per heavy atom. The lowest BCUT2D eigenvalue weighted by Crippen LogP contribution is -2.47. The van der Waals surface area contributed by atoms with Crippen LogP contribution in [0.15, 0.2) is 24.5 Å². The van der Waals surface area contributed by atoms with Crippen LogP contribution in [0.1, 0.15) is 36.0 Å². The Morgan fingerprint density at radius 3 is 2.95 bits per heavy atom. The molecule has 2 heterocycles. The van der Waals surface area contributed by atoms with Gasteiger partial charge in [-0.2, -0.15) is 0 Å². The summed E-state index contributed by atoms with van der Waals surface area (Å²) in [5.41, 5.74) is 0.159. The molecule has 6 heteroatoms. The van der Waals surface area contributed by atoms with Crippen molar-refractivity contribution in [2.45, 2.75) is 37.3 Å². The SMILES string of the molecule is O=C1NCC2(CCCC(NC(=O)c3ccncc3)C2)O1. The highest BCUT2D eigenvalue weighted by Gasteiger charge is 2.44. The van der Waals surface area contributed by atoms with Crippen molar-refractivity contribution in [1.29, 1.82) is 0 Å². The third-order valence-corrected chi connectivity index (χ3v) is 3.95. The fraction of sp³-hybridized carbons (Fsp3) is 0.500. The van der Waals surface area contributed by atoms with Gasteiger partial charge in [-0.1, -0.05) is 0 Å². The van der Waals surface area contributed by atoms with Gasteiger partial charge in [0.1, 0.15) is 5.60 Å². The monoisotopic (exact) mass is 275 g/mol. The highest BCUT2D eigenvalue weighted by atomic mass is 16.6. The normalized spacial score (nSPS) is 28.8.